The van der Waals surface area contributed by atoms with Crippen LogP contribution in [0.15, 0.2) is 53.4 Å². The fourth-order valence-corrected chi connectivity index (χ4v) is 6.32. The molecule has 0 radical (unpaired) electrons. The summed E-state index contributed by atoms with van der Waals surface area (Å²) in [5.74, 6) is 0.349. The number of benzene rings is 2. The van der Waals surface area contributed by atoms with Gasteiger partial charge in [-0.1, -0.05) is 30.2 Å². The van der Waals surface area contributed by atoms with Crippen LogP contribution in [0.4, 0.5) is 4.39 Å². The third-order valence-electron chi connectivity index (χ3n) is 5.82. The third-order valence-corrected chi connectivity index (χ3v) is 8.05. The predicted molar refractivity (Wildman–Crippen MR) is 119 cm³/mol. The van der Waals surface area contributed by atoms with E-state index in [-0.39, 0.29) is 22.8 Å². The normalized spacial score (nSPS) is 19.5. The SMILES string of the molecule is Cn1nnc(CCCCC2CCC(c3ccc(F)cc3)N2S(=O)(=O)c2ccc(Cl)cc2)n1. The van der Waals surface area contributed by atoms with Crippen molar-refractivity contribution in [3.63, 3.8) is 0 Å². The summed E-state index contributed by atoms with van der Waals surface area (Å²) in [5, 5.41) is 12.5. The molecular weight excluding hydrogens is 453 g/mol. The molecule has 2 atom stereocenters. The predicted octanol–water partition coefficient (Wildman–Crippen LogP) is 4.31. The van der Waals surface area contributed by atoms with Crippen molar-refractivity contribution in [2.45, 2.75) is 55.5 Å². The molecule has 2 unspecified atom stereocenters. The highest BCUT2D eigenvalue weighted by atomic mass is 35.5. The molecule has 32 heavy (non-hydrogen) atoms. The smallest absolute Gasteiger partial charge is 0.207 e. The van der Waals surface area contributed by atoms with Gasteiger partial charge in [0.25, 0.3) is 0 Å². The minimum absolute atomic E-state index is 0.138. The molecule has 2 aromatic carbocycles. The van der Waals surface area contributed by atoms with Crippen molar-refractivity contribution in [2.24, 2.45) is 7.05 Å². The van der Waals surface area contributed by atoms with Gasteiger partial charge in [0.05, 0.1) is 18.0 Å². The molecule has 0 N–H and O–H groups in total. The van der Waals surface area contributed by atoms with E-state index in [2.05, 4.69) is 15.4 Å². The number of unbranched alkanes of at least 4 members (excludes halogenated alkanes) is 1. The van der Waals surface area contributed by atoms with Crippen LogP contribution in [0.2, 0.25) is 5.02 Å². The lowest BCUT2D eigenvalue weighted by molar-refractivity contribution is 0.307. The Labute approximate surface area is 192 Å². The van der Waals surface area contributed by atoms with E-state index in [1.165, 1.54) is 29.1 Å². The summed E-state index contributed by atoms with van der Waals surface area (Å²) in [7, 11) is -2.03. The number of aromatic nitrogens is 4. The van der Waals surface area contributed by atoms with E-state index in [1.807, 2.05) is 0 Å². The quantitative estimate of drug-likeness (QED) is 0.451. The van der Waals surface area contributed by atoms with Crippen molar-refractivity contribution in [2.75, 3.05) is 0 Å². The standard InChI is InChI=1S/C22H25ClFN5O2S/c1-28-26-22(25-27-28)5-3-2-4-19-12-15-21(16-6-10-18(24)11-7-16)29(19)32(30,31)20-13-8-17(23)9-14-20/h6-11,13-14,19,21H,2-5,12,15H2,1H3. The number of sulfonamides is 1. The Bertz CT molecular complexity index is 1150. The van der Waals surface area contributed by atoms with Gasteiger partial charge in [-0.2, -0.15) is 9.10 Å². The number of rotatable bonds is 8. The highest BCUT2D eigenvalue weighted by Gasteiger charge is 2.42. The summed E-state index contributed by atoms with van der Waals surface area (Å²) in [6.45, 7) is 0. The van der Waals surface area contributed by atoms with Gasteiger partial charge in [0.15, 0.2) is 5.82 Å². The maximum Gasteiger partial charge on any atom is 0.243 e. The summed E-state index contributed by atoms with van der Waals surface area (Å²) in [6.07, 6.45) is 4.55. The van der Waals surface area contributed by atoms with Crippen LogP contribution < -0.4 is 0 Å². The van der Waals surface area contributed by atoms with Gasteiger partial charge in [0, 0.05) is 17.5 Å². The molecule has 1 aromatic heterocycles. The number of tetrazole rings is 1. The molecule has 1 aliphatic rings. The summed E-state index contributed by atoms with van der Waals surface area (Å²) in [5.41, 5.74) is 0.801. The number of nitrogens with zero attached hydrogens (tertiary/aromatic N) is 5. The number of hydrogen-bond acceptors (Lipinski definition) is 5. The van der Waals surface area contributed by atoms with Crippen LogP contribution in [0.25, 0.3) is 0 Å². The van der Waals surface area contributed by atoms with Gasteiger partial charge in [-0.3, -0.25) is 0 Å². The van der Waals surface area contributed by atoms with E-state index in [9.17, 15) is 12.8 Å². The van der Waals surface area contributed by atoms with Crippen molar-refractivity contribution < 1.29 is 12.8 Å². The van der Waals surface area contributed by atoms with Gasteiger partial charge in [0.2, 0.25) is 10.0 Å². The summed E-state index contributed by atoms with van der Waals surface area (Å²) < 4.78 is 42.4. The van der Waals surface area contributed by atoms with Crippen molar-refractivity contribution in [3.05, 3.63) is 70.8 Å². The molecule has 1 saturated heterocycles. The third kappa shape index (κ3) is 5.00. The Hall–Kier alpha value is -2.36. The van der Waals surface area contributed by atoms with Gasteiger partial charge in [-0.05, 0) is 72.9 Å². The second-order valence-electron chi connectivity index (χ2n) is 8.03. The minimum atomic E-state index is -3.76. The summed E-state index contributed by atoms with van der Waals surface area (Å²) in [6, 6.07) is 11.9. The van der Waals surface area contributed by atoms with E-state index in [4.69, 9.17) is 11.6 Å². The lowest BCUT2D eigenvalue weighted by Crippen LogP contribution is -2.37. The molecule has 0 bridgehead atoms. The fourth-order valence-electron chi connectivity index (χ4n) is 4.31. The van der Waals surface area contributed by atoms with Crippen LogP contribution in [0.5, 0.6) is 0 Å². The molecule has 2 heterocycles. The van der Waals surface area contributed by atoms with Crippen LogP contribution in [-0.4, -0.2) is 39.0 Å². The first-order valence-electron chi connectivity index (χ1n) is 10.6. The van der Waals surface area contributed by atoms with Crippen LogP contribution in [0, 0.1) is 5.82 Å². The molecule has 7 nitrogen and oxygen atoms in total. The van der Waals surface area contributed by atoms with Gasteiger partial charge >= 0.3 is 0 Å². The van der Waals surface area contributed by atoms with Crippen LogP contribution in [0.3, 0.4) is 0 Å². The largest absolute Gasteiger partial charge is 0.243 e. The summed E-state index contributed by atoms with van der Waals surface area (Å²) >= 11 is 5.97. The van der Waals surface area contributed by atoms with Crippen molar-refractivity contribution in [1.29, 1.82) is 0 Å². The Kier molecular flexibility index (Phi) is 6.88. The number of hydrogen-bond donors (Lipinski definition) is 0. The Morgan fingerprint density at radius 3 is 2.44 bits per heavy atom. The van der Waals surface area contributed by atoms with E-state index in [1.54, 1.807) is 35.6 Å². The molecule has 1 fully saturated rings. The molecule has 0 saturated carbocycles. The van der Waals surface area contributed by atoms with Gasteiger partial charge in [-0.25, -0.2) is 12.8 Å². The van der Waals surface area contributed by atoms with E-state index < -0.39 is 10.0 Å². The molecule has 0 spiro atoms. The Morgan fingerprint density at radius 1 is 1.06 bits per heavy atom. The zero-order valence-corrected chi connectivity index (χ0v) is 19.3. The molecule has 10 heteroatoms. The van der Waals surface area contributed by atoms with Crippen LogP contribution in [-0.2, 0) is 23.5 Å². The number of aryl methyl sites for hydroxylation is 2. The van der Waals surface area contributed by atoms with Crippen molar-refractivity contribution in [3.8, 4) is 0 Å². The average Bonchev–Trinajstić information content (AvgIpc) is 3.38. The van der Waals surface area contributed by atoms with Gasteiger partial charge in [-0.15, -0.1) is 10.2 Å². The van der Waals surface area contributed by atoms with Gasteiger partial charge < -0.3 is 0 Å². The van der Waals surface area contributed by atoms with Crippen LogP contribution in [0.1, 0.15) is 49.5 Å². The molecular formula is C22H25ClFN5O2S. The van der Waals surface area contributed by atoms with Crippen molar-refractivity contribution in [1.82, 2.24) is 24.5 Å². The summed E-state index contributed by atoms with van der Waals surface area (Å²) in [4.78, 5) is 1.64. The highest BCUT2D eigenvalue weighted by Crippen LogP contribution is 2.42. The molecule has 4 rings (SSSR count). The first kappa shape index (κ1) is 22.8. The minimum Gasteiger partial charge on any atom is -0.207 e. The maximum atomic E-state index is 13.6. The molecule has 0 amide bonds. The second-order valence-corrected chi connectivity index (χ2v) is 10.3. The van der Waals surface area contributed by atoms with E-state index >= 15 is 0 Å². The van der Waals surface area contributed by atoms with Crippen molar-refractivity contribution >= 4 is 21.6 Å². The maximum absolute atomic E-state index is 13.6. The lowest BCUT2D eigenvalue weighted by atomic mass is 10.0. The van der Waals surface area contributed by atoms with Gasteiger partial charge in [0.1, 0.15) is 5.82 Å². The molecule has 1 aliphatic heterocycles. The molecule has 170 valence electrons. The first-order valence-corrected chi connectivity index (χ1v) is 12.4. The highest BCUT2D eigenvalue weighted by molar-refractivity contribution is 7.89. The number of halogens is 2. The van der Waals surface area contributed by atoms with Crippen LogP contribution >= 0.6 is 11.6 Å². The average molecular weight is 478 g/mol. The Balaban J connectivity index is 1.54. The Morgan fingerprint density at radius 2 is 1.78 bits per heavy atom. The zero-order valence-electron chi connectivity index (χ0n) is 17.7. The second kappa shape index (κ2) is 9.64. The fraction of sp³-hybridized carbons (Fsp3) is 0.409. The lowest BCUT2D eigenvalue weighted by Gasteiger charge is -2.30. The zero-order chi connectivity index (χ0) is 22.7. The molecule has 0 aliphatic carbocycles. The van der Waals surface area contributed by atoms with E-state index in [0.29, 0.717) is 23.7 Å². The molecule has 3 aromatic rings. The monoisotopic (exact) mass is 477 g/mol. The van der Waals surface area contributed by atoms with E-state index in [0.717, 1.165) is 31.2 Å². The topological polar surface area (TPSA) is 81.0 Å². The first-order chi connectivity index (χ1) is 15.3.